The van der Waals surface area contributed by atoms with E-state index in [-0.39, 0.29) is 0 Å². The van der Waals surface area contributed by atoms with Crippen LogP contribution in [0.5, 0.6) is 0 Å². The maximum Gasteiger partial charge on any atom is 0.248 e. The van der Waals surface area contributed by atoms with E-state index in [4.69, 9.17) is 23.2 Å². The summed E-state index contributed by atoms with van der Waals surface area (Å²) in [6.07, 6.45) is 0. The Morgan fingerprint density at radius 2 is 1.38 bits per heavy atom. The van der Waals surface area contributed by atoms with Gasteiger partial charge in [0.05, 0.1) is 0 Å². The fourth-order valence-corrected chi connectivity index (χ4v) is 2.34. The maximum absolute atomic E-state index is 10.9. The van der Waals surface area contributed by atoms with E-state index in [0.717, 1.165) is 11.1 Å². The van der Waals surface area contributed by atoms with Gasteiger partial charge < -0.3 is 10.4 Å². The molecule has 0 bridgehead atoms. The predicted molar refractivity (Wildman–Crippen MR) is 85.1 cm³/mol. The van der Waals surface area contributed by atoms with Crippen LogP contribution >= 0.6 is 23.2 Å². The second kappa shape index (κ2) is 6.90. The van der Waals surface area contributed by atoms with Crippen LogP contribution < -0.4 is 9.81 Å². The van der Waals surface area contributed by atoms with Crippen molar-refractivity contribution in [3.05, 3.63) is 57.9 Å². The highest BCUT2D eigenvalue weighted by molar-refractivity contribution is 6.17. The van der Waals surface area contributed by atoms with Crippen molar-refractivity contribution >= 4 is 45.3 Å². The Bertz CT molecular complexity index is 985. The first-order chi connectivity index (χ1) is 11.6. The van der Waals surface area contributed by atoms with Crippen molar-refractivity contribution in [2.24, 2.45) is 0 Å². The Morgan fingerprint density at radius 3 is 2.08 bits per heavy atom. The van der Waals surface area contributed by atoms with Crippen LogP contribution in [0.3, 0.4) is 0 Å². The minimum atomic E-state index is 0.366. The molecular weight excluding hydrogens is 359 g/mol. The number of nitrogens with zero attached hydrogens (tertiary/aromatic N) is 4. The molecule has 24 heavy (non-hydrogen) atoms. The average molecular weight is 369 g/mol. The lowest BCUT2D eigenvalue weighted by Crippen LogP contribution is -2.22. The summed E-state index contributed by atoms with van der Waals surface area (Å²) in [7, 11) is 0. The summed E-state index contributed by atoms with van der Waals surface area (Å²) in [5.41, 5.74) is 3.69. The van der Waals surface area contributed by atoms with Gasteiger partial charge in [0.15, 0.2) is 0 Å². The van der Waals surface area contributed by atoms with Gasteiger partial charge in [0, 0.05) is 28.1 Å². The van der Waals surface area contributed by atoms with E-state index in [1.54, 1.807) is 36.4 Å². The number of fused-ring (bicyclic) bond motifs is 2. The molecule has 0 saturated carbocycles. The van der Waals surface area contributed by atoms with E-state index >= 15 is 0 Å². The summed E-state index contributed by atoms with van der Waals surface area (Å²) in [4.78, 5) is 0.735. The van der Waals surface area contributed by atoms with Crippen LogP contribution in [0.15, 0.2) is 45.7 Å². The Balaban J connectivity index is 0.000000141. The van der Waals surface area contributed by atoms with Gasteiger partial charge in [-0.3, -0.25) is 9.26 Å². The highest BCUT2D eigenvalue weighted by Crippen LogP contribution is 2.12. The molecule has 0 amide bonds. The van der Waals surface area contributed by atoms with Crippen LogP contribution in [-0.2, 0) is 11.8 Å². The van der Waals surface area contributed by atoms with Gasteiger partial charge in [0.2, 0.25) is 22.1 Å². The van der Waals surface area contributed by atoms with Gasteiger partial charge >= 0.3 is 0 Å². The lowest BCUT2D eigenvalue weighted by Gasteiger charge is -1.90. The summed E-state index contributed by atoms with van der Waals surface area (Å²) >= 11 is 11.2. The average Bonchev–Trinajstić information content (AvgIpc) is 3.18. The quantitative estimate of drug-likeness (QED) is 0.397. The van der Waals surface area contributed by atoms with Crippen molar-refractivity contribution in [3.63, 3.8) is 0 Å². The number of aromatic nitrogens is 4. The minimum Gasteiger partial charge on any atom is -0.359 e. The van der Waals surface area contributed by atoms with E-state index in [9.17, 15) is 10.4 Å². The molecule has 2 aromatic carbocycles. The van der Waals surface area contributed by atoms with Gasteiger partial charge in [-0.05, 0) is 39.1 Å². The number of halogens is 2. The molecule has 0 aliphatic rings. The van der Waals surface area contributed by atoms with Crippen LogP contribution in [-0.4, -0.2) is 10.3 Å². The highest BCUT2D eigenvalue weighted by atomic mass is 35.5. The second-order valence-electron chi connectivity index (χ2n) is 4.77. The topological polar surface area (TPSA) is 106 Å². The standard InChI is InChI=1S/2C7H5ClN2O2/c8-4-5-1-2-7-6(3-5)9-12-10(7)11;8-4-5-1-2-6-7(3-5)10(11)12-9-6/h2*1-3H,4H2. The van der Waals surface area contributed by atoms with Crippen LogP contribution in [0, 0.1) is 10.4 Å². The maximum atomic E-state index is 10.9. The van der Waals surface area contributed by atoms with Crippen LogP contribution in [0.2, 0.25) is 0 Å². The smallest absolute Gasteiger partial charge is 0.248 e. The Labute approximate surface area is 144 Å². The number of alkyl halides is 2. The van der Waals surface area contributed by atoms with E-state index in [0.29, 0.717) is 43.6 Å². The molecular formula is C14H10Cl2N4O4. The monoisotopic (exact) mass is 368 g/mol. The molecule has 0 saturated heterocycles. The molecule has 4 aromatic rings. The predicted octanol–water partition coefficient (Wildman–Crippen LogP) is 2.40. The molecule has 0 aliphatic carbocycles. The molecule has 8 nitrogen and oxygen atoms in total. The third-order valence-electron chi connectivity index (χ3n) is 3.21. The van der Waals surface area contributed by atoms with Gasteiger partial charge in [-0.25, -0.2) is 0 Å². The fraction of sp³-hybridized carbons (Fsp3) is 0.143. The number of hydrogen-bond donors (Lipinski definition) is 0. The lowest BCUT2D eigenvalue weighted by atomic mass is 10.2. The van der Waals surface area contributed by atoms with E-state index in [2.05, 4.69) is 19.6 Å². The van der Waals surface area contributed by atoms with Crippen LogP contribution in [0.1, 0.15) is 11.1 Å². The first-order valence-corrected chi connectivity index (χ1v) is 7.78. The van der Waals surface area contributed by atoms with Gasteiger partial charge in [0.1, 0.15) is 0 Å². The van der Waals surface area contributed by atoms with Crippen LogP contribution in [0.25, 0.3) is 22.1 Å². The minimum absolute atomic E-state index is 0.366. The van der Waals surface area contributed by atoms with Crippen molar-refractivity contribution in [1.82, 2.24) is 10.3 Å². The zero-order valence-corrected chi connectivity index (χ0v) is 13.6. The second-order valence-corrected chi connectivity index (χ2v) is 5.31. The molecule has 4 rings (SSSR count). The largest absolute Gasteiger partial charge is 0.359 e. The SMILES string of the molecule is [O-][n+]1onc2cc(CCl)ccc21.[O-][n+]1onc2ccc(CCl)cc21. The van der Waals surface area contributed by atoms with Crippen LogP contribution in [0.4, 0.5) is 0 Å². The molecule has 10 heteroatoms. The van der Waals surface area contributed by atoms with Gasteiger partial charge in [0.25, 0.3) is 0 Å². The van der Waals surface area contributed by atoms with E-state index in [1.165, 1.54) is 0 Å². The fourth-order valence-electron chi connectivity index (χ4n) is 2.01. The molecule has 0 fully saturated rings. The highest BCUT2D eigenvalue weighted by Gasteiger charge is 2.09. The number of benzene rings is 2. The van der Waals surface area contributed by atoms with Crippen molar-refractivity contribution in [1.29, 1.82) is 0 Å². The van der Waals surface area contributed by atoms with Crippen molar-refractivity contribution in [2.75, 3.05) is 0 Å². The molecule has 0 atom stereocenters. The number of rotatable bonds is 2. The Hall–Kier alpha value is -2.58. The normalized spacial score (nSPS) is 10.8. The third kappa shape index (κ3) is 3.19. The summed E-state index contributed by atoms with van der Waals surface area (Å²) in [6.45, 7) is 0. The first kappa shape index (κ1) is 16.3. The Kier molecular flexibility index (Phi) is 4.68. The molecule has 0 radical (unpaired) electrons. The summed E-state index contributed by atoms with van der Waals surface area (Å²) < 4.78 is 8.76. The van der Waals surface area contributed by atoms with Crippen molar-refractivity contribution in [2.45, 2.75) is 11.8 Å². The van der Waals surface area contributed by atoms with Gasteiger partial charge in [-0.15, -0.1) is 23.2 Å². The molecule has 0 unspecified atom stereocenters. The summed E-state index contributed by atoms with van der Waals surface area (Å²) in [6, 6.07) is 10.3. The number of hydrogen-bond acceptors (Lipinski definition) is 6. The zero-order valence-electron chi connectivity index (χ0n) is 12.1. The molecule has 2 aromatic heterocycles. The summed E-state index contributed by atoms with van der Waals surface area (Å²) in [5.74, 6) is 0.781. The van der Waals surface area contributed by atoms with Gasteiger partial charge in [-0.1, -0.05) is 12.1 Å². The molecule has 124 valence electrons. The lowest BCUT2D eigenvalue weighted by molar-refractivity contribution is -0.782. The molecule has 0 spiro atoms. The third-order valence-corrected chi connectivity index (χ3v) is 3.83. The van der Waals surface area contributed by atoms with E-state index < -0.39 is 0 Å². The van der Waals surface area contributed by atoms with Crippen molar-refractivity contribution in [3.8, 4) is 0 Å². The molecule has 2 heterocycles. The van der Waals surface area contributed by atoms with E-state index in [1.807, 2.05) is 0 Å². The Morgan fingerprint density at radius 1 is 0.792 bits per heavy atom. The van der Waals surface area contributed by atoms with Gasteiger partial charge in [-0.2, -0.15) is 0 Å². The summed E-state index contributed by atoms with van der Waals surface area (Å²) in [5, 5.41) is 28.8. The zero-order chi connectivity index (χ0) is 17.1. The first-order valence-electron chi connectivity index (χ1n) is 6.71. The molecule has 0 N–H and O–H groups in total. The molecule has 0 aliphatic heterocycles. The van der Waals surface area contributed by atoms with Crippen molar-refractivity contribution < 1.29 is 19.1 Å².